The van der Waals surface area contributed by atoms with Crippen molar-refractivity contribution in [3.05, 3.63) is 0 Å². The summed E-state index contributed by atoms with van der Waals surface area (Å²) in [6, 6.07) is 0. The zero-order valence-corrected chi connectivity index (χ0v) is 10.4. The summed E-state index contributed by atoms with van der Waals surface area (Å²) in [7, 11) is 1.42. The van der Waals surface area contributed by atoms with E-state index in [1.807, 2.05) is 11.8 Å². The van der Waals surface area contributed by atoms with E-state index in [0.29, 0.717) is 6.42 Å². The highest BCUT2D eigenvalue weighted by Gasteiger charge is 2.14. The molecule has 0 saturated heterocycles. The van der Waals surface area contributed by atoms with Crippen molar-refractivity contribution < 1.29 is 9.53 Å². The monoisotopic (exact) mass is 219 g/mol. The predicted octanol–water partition coefficient (Wildman–Crippen LogP) is 1.67. The van der Waals surface area contributed by atoms with E-state index in [1.165, 1.54) is 7.11 Å². The zero-order chi connectivity index (χ0) is 11.0. The molecule has 0 aliphatic heterocycles. The normalized spacial score (nSPS) is 11.4. The third-order valence-corrected chi connectivity index (χ3v) is 3.31. The van der Waals surface area contributed by atoms with Crippen LogP contribution in [0.1, 0.15) is 26.7 Å². The van der Waals surface area contributed by atoms with Crippen molar-refractivity contribution in [2.75, 3.05) is 26.5 Å². The average molecular weight is 219 g/mol. The van der Waals surface area contributed by atoms with Crippen LogP contribution in [0.4, 0.5) is 0 Å². The molecule has 3 nitrogen and oxygen atoms in total. The smallest absolute Gasteiger partial charge is 0.305 e. The van der Waals surface area contributed by atoms with E-state index in [0.717, 1.165) is 19.5 Å². The van der Waals surface area contributed by atoms with Crippen LogP contribution in [0.5, 0.6) is 0 Å². The van der Waals surface area contributed by atoms with Gasteiger partial charge in [0.05, 0.1) is 7.11 Å². The van der Waals surface area contributed by atoms with Gasteiger partial charge < -0.3 is 10.1 Å². The Hall–Kier alpha value is -0.220. The molecule has 84 valence electrons. The first kappa shape index (κ1) is 13.8. The first-order valence-electron chi connectivity index (χ1n) is 4.84. The summed E-state index contributed by atoms with van der Waals surface area (Å²) in [5.41, 5.74) is 0. The van der Waals surface area contributed by atoms with Crippen LogP contribution < -0.4 is 5.32 Å². The molecule has 0 aliphatic carbocycles. The Morgan fingerprint density at radius 3 is 2.64 bits per heavy atom. The molecule has 0 atom stereocenters. The van der Waals surface area contributed by atoms with Crippen LogP contribution in [0, 0.1) is 0 Å². The molecular weight excluding hydrogens is 198 g/mol. The van der Waals surface area contributed by atoms with Gasteiger partial charge in [0.2, 0.25) is 0 Å². The van der Waals surface area contributed by atoms with E-state index >= 15 is 0 Å². The molecule has 0 amide bonds. The Morgan fingerprint density at radius 1 is 1.50 bits per heavy atom. The second-order valence-electron chi connectivity index (χ2n) is 3.82. The molecule has 1 N–H and O–H groups in total. The number of thioether (sulfide) groups is 1. The minimum Gasteiger partial charge on any atom is -0.469 e. The maximum Gasteiger partial charge on any atom is 0.305 e. The number of methoxy groups -OCH3 is 1. The van der Waals surface area contributed by atoms with Gasteiger partial charge in [0.15, 0.2) is 0 Å². The first-order valence-corrected chi connectivity index (χ1v) is 6.07. The van der Waals surface area contributed by atoms with E-state index in [-0.39, 0.29) is 10.7 Å². The summed E-state index contributed by atoms with van der Waals surface area (Å²) >= 11 is 1.84. The molecule has 0 fully saturated rings. The van der Waals surface area contributed by atoms with Gasteiger partial charge in [-0.15, -0.1) is 0 Å². The Balaban J connectivity index is 3.34. The van der Waals surface area contributed by atoms with Crippen molar-refractivity contribution >= 4 is 17.7 Å². The molecule has 0 aromatic carbocycles. The van der Waals surface area contributed by atoms with Gasteiger partial charge in [0.1, 0.15) is 0 Å². The maximum absolute atomic E-state index is 10.8. The Morgan fingerprint density at radius 2 is 2.14 bits per heavy atom. The number of nitrogens with one attached hydrogen (secondary N) is 1. The minimum atomic E-state index is -0.129. The van der Waals surface area contributed by atoms with Gasteiger partial charge in [-0.25, -0.2) is 0 Å². The van der Waals surface area contributed by atoms with Crippen molar-refractivity contribution in [3.8, 4) is 0 Å². The number of carbonyl (C=O) groups is 1. The fourth-order valence-electron chi connectivity index (χ4n) is 0.921. The van der Waals surface area contributed by atoms with E-state index in [9.17, 15) is 4.79 Å². The lowest BCUT2D eigenvalue weighted by Crippen LogP contribution is -2.32. The number of ether oxygens (including phenoxy) is 1. The molecule has 0 rings (SSSR count). The summed E-state index contributed by atoms with van der Waals surface area (Å²) in [5.74, 6) is -0.129. The molecule has 0 aliphatic rings. The second kappa shape index (κ2) is 7.12. The van der Waals surface area contributed by atoms with Crippen LogP contribution in [0.2, 0.25) is 0 Å². The molecule has 0 aromatic rings. The van der Waals surface area contributed by atoms with E-state index in [2.05, 4.69) is 30.2 Å². The highest BCUT2D eigenvalue weighted by molar-refractivity contribution is 7.99. The van der Waals surface area contributed by atoms with Crippen LogP contribution in [0.25, 0.3) is 0 Å². The molecule has 0 aromatic heterocycles. The highest BCUT2D eigenvalue weighted by atomic mass is 32.2. The Kier molecular flexibility index (Phi) is 7.01. The molecular formula is C10H21NO2S. The van der Waals surface area contributed by atoms with Crippen molar-refractivity contribution in [2.24, 2.45) is 0 Å². The molecule has 0 unspecified atom stereocenters. The Labute approximate surface area is 91.0 Å². The zero-order valence-electron chi connectivity index (χ0n) is 9.55. The van der Waals surface area contributed by atoms with Gasteiger partial charge in [-0.05, 0) is 33.1 Å². The molecule has 0 spiro atoms. The molecule has 0 saturated carbocycles. The quantitative estimate of drug-likeness (QED) is 0.522. The topological polar surface area (TPSA) is 38.3 Å². The van der Waals surface area contributed by atoms with E-state index < -0.39 is 0 Å². The molecule has 0 bridgehead atoms. The van der Waals surface area contributed by atoms with Gasteiger partial charge >= 0.3 is 5.97 Å². The standard InChI is InChI=1S/C10H21NO2S/c1-10(2,14-4)8-11-7-5-6-9(12)13-3/h11H,5-8H2,1-4H3. The molecule has 0 radical (unpaired) electrons. The lowest BCUT2D eigenvalue weighted by Gasteiger charge is -2.22. The molecule has 14 heavy (non-hydrogen) atoms. The van der Waals surface area contributed by atoms with Crippen LogP contribution >= 0.6 is 11.8 Å². The number of esters is 1. The first-order chi connectivity index (χ1) is 6.52. The summed E-state index contributed by atoms with van der Waals surface area (Å²) in [6.45, 7) is 6.24. The van der Waals surface area contributed by atoms with E-state index in [4.69, 9.17) is 0 Å². The van der Waals surface area contributed by atoms with E-state index in [1.54, 1.807) is 0 Å². The van der Waals surface area contributed by atoms with Gasteiger partial charge in [-0.1, -0.05) is 0 Å². The van der Waals surface area contributed by atoms with Crippen LogP contribution in [0.15, 0.2) is 0 Å². The third kappa shape index (κ3) is 7.21. The summed E-state index contributed by atoms with van der Waals surface area (Å²) in [5, 5.41) is 3.33. The van der Waals surface area contributed by atoms with Gasteiger partial charge in [0.25, 0.3) is 0 Å². The fourth-order valence-corrected chi connectivity index (χ4v) is 1.17. The predicted molar refractivity (Wildman–Crippen MR) is 61.7 cm³/mol. The number of rotatable bonds is 7. The van der Waals surface area contributed by atoms with Crippen LogP contribution in [-0.4, -0.2) is 37.2 Å². The highest BCUT2D eigenvalue weighted by Crippen LogP contribution is 2.19. The molecule has 4 heteroatoms. The lowest BCUT2D eigenvalue weighted by atomic mass is 10.2. The van der Waals surface area contributed by atoms with Crippen molar-refractivity contribution in [3.63, 3.8) is 0 Å². The number of carbonyl (C=O) groups excluding carboxylic acids is 1. The fraction of sp³-hybridized carbons (Fsp3) is 0.900. The largest absolute Gasteiger partial charge is 0.469 e. The summed E-state index contributed by atoms with van der Waals surface area (Å²) in [6.07, 6.45) is 3.45. The van der Waals surface area contributed by atoms with Gasteiger partial charge in [-0.3, -0.25) is 4.79 Å². The number of hydrogen-bond donors (Lipinski definition) is 1. The van der Waals surface area contributed by atoms with Gasteiger partial charge in [-0.2, -0.15) is 11.8 Å². The maximum atomic E-state index is 10.8. The van der Waals surface area contributed by atoms with Crippen molar-refractivity contribution in [1.82, 2.24) is 5.32 Å². The SMILES string of the molecule is COC(=O)CCCNCC(C)(C)SC. The summed E-state index contributed by atoms with van der Waals surface area (Å²) in [4.78, 5) is 10.8. The van der Waals surface area contributed by atoms with Crippen LogP contribution in [0.3, 0.4) is 0 Å². The average Bonchev–Trinajstić information content (AvgIpc) is 2.17. The number of hydrogen-bond acceptors (Lipinski definition) is 4. The summed E-state index contributed by atoms with van der Waals surface area (Å²) < 4.78 is 4.82. The van der Waals surface area contributed by atoms with Crippen molar-refractivity contribution in [1.29, 1.82) is 0 Å². The Bertz CT molecular complexity index is 172. The molecule has 0 heterocycles. The van der Waals surface area contributed by atoms with Gasteiger partial charge in [0, 0.05) is 17.7 Å². The second-order valence-corrected chi connectivity index (χ2v) is 5.33. The third-order valence-electron chi connectivity index (χ3n) is 2.07. The lowest BCUT2D eigenvalue weighted by molar-refractivity contribution is -0.140. The van der Waals surface area contributed by atoms with Crippen LogP contribution in [-0.2, 0) is 9.53 Å². The minimum absolute atomic E-state index is 0.129. The van der Waals surface area contributed by atoms with Crippen molar-refractivity contribution in [2.45, 2.75) is 31.4 Å².